The Labute approximate surface area is 227 Å². The minimum absolute atomic E-state index is 0.0372. The van der Waals surface area contributed by atoms with E-state index >= 15 is 0 Å². The number of ether oxygens (including phenoxy) is 1. The zero-order valence-electron chi connectivity index (χ0n) is 21.0. The molecule has 4 aromatic carbocycles. The fourth-order valence-corrected chi connectivity index (χ4v) is 4.21. The van der Waals surface area contributed by atoms with Crippen LogP contribution in [0.5, 0.6) is 5.75 Å². The van der Waals surface area contributed by atoms with Gasteiger partial charge in [-0.3, -0.25) is 4.79 Å². The van der Waals surface area contributed by atoms with Gasteiger partial charge in [-0.15, -0.1) is 5.10 Å². The monoisotopic (exact) mass is 530 g/mol. The van der Waals surface area contributed by atoms with Crippen LogP contribution >= 0.6 is 0 Å². The highest BCUT2D eigenvalue weighted by Crippen LogP contribution is 2.24. The van der Waals surface area contributed by atoms with Gasteiger partial charge in [-0.25, -0.2) is 10.1 Å². The maximum Gasteiger partial charge on any atom is 0.292 e. The number of anilines is 1. The molecule has 6 aromatic rings. The number of benzene rings is 4. The Morgan fingerprint density at radius 1 is 0.950 bits per heavy atom. The van der Waals surface area contributed by atoms with Gasteiger partial charge in [0.1, 0.15) is 18.1 Å². The summed E-state index contributed by atoms with van der Waals surface area (Å²) in [4.78, 5) is 13.2. The molecule has 0 aliphatic heterocycles. The van der Waals surface area contributed by atoms with Gasteiger partial charge in [-0.05, 0) is 56.5 Å². The number of nitrogen functional groups attached to an aromatic ring is 1. The van der Waals surface area contributed by atoms with Crippen LogP contribution in [0.4, 0.5) is 5.82 Å². The average Bonchev–Trinajstić information content (AvgIpc) is 3.63. The van der Waals surface area contributed by atoms with Gasteiger partial charge in [0, 0.05) is 5.56 Å². The Morgan fingerprint density at radius 2 is 1.73 bits per heavy atom. The molecule has 3 N–H and O–H groups in total. The molecular weight excluding hydrogens is 508 g/mol. The van der Waals surface area contributed by atoms with Crippen molar-refractivity contribution in [3.8, 4) is 22.8 Å². The number of carbonyl (C=O) groups excluding carboxylic acids is 1. The summed E-state index contributed by atoms with van der Waals surface area (Å²) in [5.41, 5.74) is 11.3. The molecule has 40 heavy (non-hydrogen) atoms. The van der Waals surface area contributed by atoms with Crippen LogP contribution in [0.3, 0.4) is 0 Å². The molecule has 0 spiro atoms. The van der Waals surface area contributed by atoms with E-state index in [9.17, 15) is 4.79 Å². The Morgan fingerprint density at radius 3 is 2.52 bits per heavy atom. The van der Waals surface area contributed by atoms with Crippen molar-refractivity contribution in [3.63, 3.8) is 0 Å². The first-order chi connectivity index (χ1) is 19.7. The summed E-state index contributed by atoms with van der Waals surface area (Å²) in [7, 11) is 0. The van der Waals surface area contributed by atoms with Gasteiger partial charge in [-0.2, -0.15) is 9.78 Å². The van der Waals surface area contributed by atoms with E-state index in [2.05, 4.69) is 60.0 Å². The van der Waals surface area contributed by atoms with E-state index in [1.54, 1.807) is 0 Å². The van der Waals surface area contributed by atoms with E-state index in [4.69, 9.17) is 10.5 Å². The lowest BCUT2D eigenvalue weighted by Crippen LogP contribution is -2.22. The van der Waals surface area contributed by atoms with E-state index in [0.717, 1.165) is 16.9 Å². The minimum atomic E-state index is -0.572. The van der Waals surface area contributed by atoms with Crippen LogP contribution in [0.1, 0.15) is 21.6 Å². The third kappa shape index (κ3) is 4.98. The highest BCUT2D eigenvalue weighted by Gasteiger charge is 2.25. The van der Waals surface area contributed by atoms with Gasteiger partial charge in [0.25, 0.3) is 5.91 Å². The summed E-state index contributed by atoms with van der Waals surface area (Å²) in [6.45, 7) is 0.446. The summed E-state index contributed by atoms with van der Waals surface area (Å²) in [6.07, 6.45) is 1.52. The van der Waals surface area contributed by atoms with Crippen molar-refractivity contribution in [1.29, 1.82) is 0 Å². The summed E-state index contributed by atoms with van der Waals surface area (Å²) in [5.74, 6) is 0.153. The van der Waals surface area contributed by atoms with Gasteiger partial charge in [-0.1, -0.05) is 78.0 Å². The first-order valence-corrected chi connectivity index (χ1v) is 12.3. The van der Waals surface area contributed by atoms with Gasteiger partial charge >= 0.3 is 0 Å². The third-order valence-electron chi connectivity index (χ3n) is 6.16. The van der Waals surface area contributed by atoms with Crippen LogP contribution in [0.2, 0.25) is 0 Å². The first-order valence-electron chi connectivity index (χ1n) is 12.3. The number of rotatable bonds is 8. The van der Waals surface area contributed by atoms with Crippen molar-refractivity contribution in [2.45, 2.75) is 6.61 Å². The molecule has 1 amide bonds. The number of amides is 1. The van der Waals surface area contributed by atoms with Crippen molar-refractivity contribution in [1.82, 2.24) is 30.7 Å². The quantitative estimate of drug-likeness (QED) is 0.218. The van der Waals surface area contributed by atoms with Crippen LogP contribution in [0.25, 0.3) is 27.8 Å². The van der Waals surface area contributed by atoms with Crippen molar-refractivity contribution < 1.29 is 14.2 Å². The van der Waals surface area contributed by atoms with Crippen LogP contribution < -0.4 is 15.9 Å². The highest BCUT2D eigenvalue weighted by atomic mass is 16.6. The van der Waals surface area contributed by atoms with Crippen LogP contribution in [0, 0.1) is 0 Å². The Balaban J connectivity index is 1.15. The smallest absolute Gasteiger partial charge is 0.292 e. The molecule has 2 aromatic heterocycles. The topological polar surface area (TPSA) is 146 Å². The highest BCUT2D eigenvalue weighted by molar-refractivity contribution is 5.99. The maximum absolute atomic E-state index is 13.2. The molecule has 0 aliphatic carbocycles. The lowest BCUT2D eigenvalue weighted by Gasteiger charge is -2.09. The molecule has 0 radical (unpaired) electrons. The minimum Gasteiger partial charge on any atom is -0.489 e. The number of nitrogens with zero attached hydrogens (tertiary/aromatic N) is 6. The Kier molecular flexibility index (Phi) is 6.66. The second kappa shape index (κ2) is 10.9. The number of carbonyl (C=O) groups is 1. The van der Waals surface area contributed by atoms with Crippen LogP contribution in [0.15, 0.2) is 107 Å². The number of aromatic nitrogens is 5. The molecule has 2 heterocycles. The molecule has 0 saturated carbocycles. The molecule has 196 valence electrons. The standard InChI is InChI=1S/C29H22N8O3/c30-27-28(35-40-34-27)37-26(25(32-36-37)21-8-2-1-3-9-21)29(38)33-31-17-19-13-15-23(16-14-19)39-18-22-11-6-10-20-7-4-5-12-24(20)22/h1-17H,18H2,(H2,30,34)(H,33,38)/b31-17+. The zero-order chi connectivity index (χ0) is 27.3. The second-order valence-electron chi connectivity index (χ2n) is 8.73. The maximum atomic E-state index is 13.2. The van der Waals surface area contributed by atoms with Crippen molar-refractivity contribution in [2.75, 3.05) is 5.73 Å². The number of fused-ring (bicyclic) bond motifs is 1. The molecule has 0 fully saturated rings. The van der Waals surface area contributed by atoms with Crippen LogP contribution in [-0.2, 0) is 6.61 Å². The molecule has 0 atom stereocenters. The van der Waals surface area contributed by atoms with Crippen molar-refractivity contribution in [2.24, 2.45) is 5.10 Å². The molecule has 11 nitrogen and oxygen atoms in total. The van der Waals surface area contributed by atoms with E-state index in [-0.39, 0.29) is 17.3 Å². The second-order valence-corrected chi connectivity index (χ2v) is 8.73. The third-order valence-corrected chi connectivity index (χ3v) is 6.16. The number of hydrazone groups is 1. The molecule has 0 saturated heterocycles. The Hall–Kier alpha value is -5.84. The summed E-state index contributed by atoms with van der Waals surface area (Å²) < 4.78 is 11.8. The van der Waals surface area contributed by atoms with Crippen molar-refractivity contribution in [3.05, 3.63) is 114 Å². The van der Waals surface area contributed by atoms with Gasteiger partial charge in [0.15, 0.2) is 5.69 Å². The van der Waals surface area contributed by atoms with Gasteiger partial charge in [0.2, 0.25) is 11.6 Å². The molecule has 11 heteroatoms. The SMILES string of the molecule is Nc1nonc1-n1nnc(-c2ccccc2)c1C(=O)N/N=C/c1ccc(OCc2cccc3ccccc23)cc1. The van der Waals surface area contributed by atoms with Gasteiger partial charge in [0.05, 0.1) is 6.21 Å². The number of nitrogens with one attached hydrogen (secondary N) is 1. The fraction of sp³-hybridized carbons (Fsp3) is 0.0345. The summed E-state index contributed by atoms with van der Waals surface area (Å²) >= 11 is 0. The van der Waals surface area contributed by atoms with Gasteiger partial charge < -0.3 is 10.5 Å². The predicted molar refractivity (Wildman–Crippen MR) is 149 cm³/mol. The molecule has 0 bridgehead atoms. The normalized spacial score (nSPS) is 11.2. The molecule has 0 aliphatic rings. The largest absolute Gasteiger partial charge is 0.489 e. The Bertz CT molecular complexity index is 1810. The summed E-state index contributed by atoms with van der Waals surface area (Å²) in [5, 5.41) is 22.0. The summed E-state index contributed by atoms with van der Waals surface area (Å²) in [6, 6.07) is 30.9. The lowest BCUT2D eigenvalue weighted by atomic mass is 10.1. The molecule has 0 unspecified atom stereocenters. The van der Waals surface area contributed by atoms with E-state index in [1.807, 2.05) is 72.8 Å². The van der Waals surface area contributed by atoms with Crippen LogP contribution in [-0.4, -0.2) is 37.4 Å². The van der Waals surface area contributed by atoms with E-state index < -0.39 is 5.91 Å². The average molecular weight is 531 g/mol. The zero-order valence-corrected chi connectivity index (χ0v) is 21.0. The number of nitrogens with two attached hydrogens (primary N) is 1. The predicted octanol–water partition coefficient (Wildman–Crippen LogP) is 4.40. The van der Waals surface area contributed by atoms with Crippen molar-refractivity contribution >= 4 is 28.7 Å². The molecule has 6 rings (SSSR count). The number of hydrogen-bond donors (Lipinski definition) is 2. The molecular formula is C29H22N8O3. The first kappa shape index (κ1) is 24.5. The van der Waals surface area contributed by atoms with E-state index in [0.29, 0.717) is 17.9 Å². The lowest BCUT2D eigenvalue weighted by molar-refractivity contribution is 0.0947. The fourth-order valence-electron chi connectivity index (χ4n) is 4.21. The number of hydrogen-bond acceptors (Lipinski definition) is 9. The van der Waals surface area contributed by atoms with E-state index in [1.165, 1.54) is 21.7 Å².